The number of hydrogen-bond acceptors (Lipinski definition) is 4. The molecule has 0 saturated heterocycles. The van der Waals surface area contributed by atoms with Gasteiger partial charge >= 0.3 is 0 Å². The molecule has 0 aliphatic heterocycles. The number of nitrogens with zero attached hydrogens (tertiary/aromatic N) is 2. The minimum Gasteiger partial charge on any atom is -0.380 e. The second kappa shape index (κ2) is 9.41. The third-order valence-corrected chi connectivity index (χ3v) is 3.09. The first kappa shape index (κ1) is 16.4. The van der Waals surface area contributed by atoms with Crippen molar-refractivity contribution in [3.05, 3.63) is 0 Å². The van der Waals surface area contributed by atoms with Gasteiger partial charge in [-0.2, -0.15) is 5.26 Å². The van der Waals surface area contributed by atoms with E-state index in [0.29, 0.717) is 0 Å². The van der Waals surface area contributed by atoms with Gasteiger partial charge in [0.15, 0.2) is 0 Å². The minimum absolute atomic E-state index is 0.371. The van der Waals surface area contributed by atoms with Crippen LogP contribution in [-0.4, -0.2) is 50.8 Å². The maximum atomic E-state index is 9.00. The number of rotatable bonds is 10. The number of ether oxygens (including phenoxy) is 1. The van der Waals surface area contributed by atoms with Gasteiger partial charge in [0.05, 0.1) is 12.7 Å². The van der Waals surface area contributed by atoms with E-state index in [1.165, 1.54) is 0 Å². The van der Waals surface area contributed by atoms with E-state index >= 15 is 0 Å². The summed E-state index contributed by atoms with van der Waals surface area (Å²) in [5.74, 6) is 0. The molecule has 0 amide bonds. The van der Waals surface area contributed by atoms with Crippen molar-refractivity contribution in [2.75, 3.05) is 40.4 Å². The third-order valence-electron chi connectivity index (χ3n) is 3.09. The highest BCUT2D eigenvalue weighted by Crippen LogP contribution is 2.12. The van der Waals surface area contributed by atoms with E-state index in [0.717, 1.165) is 45.6 Å². The molecule has 0 heterocycles. The van der Waals surface area contributed by atoms with Gasteiger partial charge in [-0.3, -0.25) is 0 Å². The largest absolute Gasteiger partial charge is 0.380 e. The van der Waals surface area contributed by atoms with Crippen molar-refractivity contribution in [1.82, 2.24) is 10.2 Å². The summed E-state index contributed by atoms with van der Waals surface area (Å²) in [6, 6.07) is 2.31. The van der Waals surface area contributed by atoms with Crippen molar-refractivity contribution < 1.29 is 4.74 Å². The van der Waals surface area contributed by atoms with Gasteiger partial charge < -0.3 is 15.0 Å². The van der Waals surface area contributed by atoms with Crippen LogP contribution < -0.4 is 5.32 Å². The fourth-order valence-electron chi connectivity index (χ4n) is 1.57. The second-order valence-corrected chi connectivity index (χ2v) is 4.65. The number of likely N-dealkylation sites (N-methyl/N-ethyl adjacent to an activating group) is 1. The molecule has 1 N–H and O–H groups in total. The van der Waals surface area contributed by atoms with E-state index < -0.39 is 0 Å². The Kier molecular flexibility index (Phi) is 9.06. The number of hydrogen-bond donors (Lipinski definition) is 1. The Labute approximate surface area is 106 Å². The summed E-state index contributed by atoms with van der Waals surface area (Å²) in [4.78, 5) is 2.28. The Morgan fingerprint density at radius 3 is 2.59 bits per heavy atom. The number of unbranched alkanes of at least 4 members (excludes halogenated alkanes) is 1. The minimum atomic E-state index is -0.371. The van der Waals surface area contributed by atoms with Crippen molar-refractivity contribution in [2.45, 2.75) is 38.6 Å². The first-order valence-corrected chi connectivity index (χ1v) is 6.44. The molecule has 4 heteroatoms. The molecule has 0 aromatic heterocycles. The average Bonchev–Trinajstić information content (AvgIpc) is 2.35. The molecule has 17 heavy (non-hydrogen) atoms. The lowest BCUT2D eigenvalue weighted by atomic mass is 9.97. The van der Waals surface area contributed by atoms with Crippen LogP contribution in [0.5, 0.6) is 0 Å². The third kappa shape index (κ3) is 8.14. The quantitative estimate of drug-likeness (QED) is 0.591. The predicted octanol–water partition coefficient (Wildman–Crippen LogP) is 1.63. The molecule has 1 atom stereocenters. The Hall–Kier alpha value is -0.630. The van der Waals surface area contributed by atoms with Crippen molar-refractivity contribution in [1.29, 1.82) is 5.26 Å². The Bertz CT molecular complexity index is 227. The standard InChI is InChI=1S/C13H27N3O/c1-5-17-11-10-16(4)9-7-6-8-13(2,12-14)15-3/h15H,5-11H2,1-4H3. The molecule has 0 aromatic rings. The van der Waals surface area contributed by atoms with Crippen molar-refractivity contribution in [2.24, 2.45) is 0 Å². The normalized spacial score (nSPS) is 14.6. The van der Waals surface area contributed by atoms with Crippen LogP contribution in [-0.2, 0) is 4.74 Å². The van der Waals surface area contributed by atoms with Gasteiger partial charge in [-0.1, -0.05) is 0 Å². The summed E-state index contributed by atoms with van der Waals surface area (Å²) in [5.41, 5.74) is -0.371. The molecule has 0 radical (unpaired) electrons. The maximum absolute atomic E-state index is 9.00. The lowest BCUT2D eigenvalue weighted by molar-refractivity contribution is 0.121. The molecule has 1 unspecified atom stereocenters. The van der Waals surface area contributed by atoms with Gasteiger partial charge in [-0.05, 0) is 53.8 Å². The summed E-state index contributed by atoms with van der Waals surface area (Å²) in [6.07, 6.45) is 3.10. The van der Waals surface area contributed by atoms with Crippen LogP contribution in [0.25, 0.3) is 0 Å². The maximum Gasteiger partial charge on any atom is 0.103 e. The Morgan fingerprint density at radius 1 is 1.35 bits per heavy atom. The molecule has 100 valence electrons. The molecule has 0 saturated carbocycles. The summed E-state index contributed by atoms with van der Waals surface area (Å²) in [7, 11) is 3.96. The molecule has 0 aliphatic rings. The molecular formula is C13H27N3O. The lowest BCUT2D eigenvalue weighted by Gasteiger charge is -2.21. The summed E-state index contributed by atoms with van der Waals surface area (Å²) in [6.45, 7) is 7.61. The second-order valence-electron chi connectivity index (χ2n) is 4.65. The number of nitrogens with one attached hydrogen (secondary N) is 1. The van der Waals surface area contributed by atoms with Crippen LogP contribution in [0.15, 0.2) is 0 Å². The molecule has 0 bridgehead atoms. The Balaban J connectivity index is 3.54. The van der Waals surface area contributed by atoms with Gasteiger partial charge in [-0.15, -0.1) is 0 Å². The first-order valence-electron chi connectivity index (χ1n) is 6.44. The van der Waals surface area contributed by atoms with E-state index in [1.54, 1.807) is 0 Å². The molecule has 0 aromatic carbocycles. The SMILES string of the molecule is CCOCCN(C)CCCCC(C)(C#N)NC. The molecular weight excluding hydrogens is 214 g/mol. The zero-order chi connectivity index (χ0) is 13.1. The average molecular weight is 241 g/mol. The highest BCUT2D eigenvalue weighted by atomic mass is 16.5. The van der Waals surface area contributed by atoms with Crippen LogP contribution in [0.3, 0.4) is 0 Å². The van der Waals surface area contributed by atoms with Crippen LogP contribution in [0.4, 0.5) is 0 Å². The summed E-state index contributed by atoms with van der Waals surface area (Å²) < 4.78 is 5.30. The van der Waals surface area contributed by atoms with Gasteiger partial charge in [0.2, 0.25) is 0 Å². The predicted molar refractivity (Wildman–Crippen MR) is 70.9 cm³/mol. The van der Waals surface area contributed by atoms with Gasteiger partial charge in [-0.25, -0.2) is 0 Å². The van der Waals surface area contributed by atoms with E-state index in [2.05, 4.69) is 23.3 Å². The van der Waals surface area contributed by atoms with Crippen LogP contribution in [0.2, 0.25) is 0 Å². The molecule has 0 aliphatic carbocycles. The zero-order valence-corrected chi connectivity index (χ0v) is 11.8. The van der Waals surface area contributed by atoms with E-state index in [4.69, 9.17) is 10.00 Å². The van der Waals surface area contributed by atoms with Gasteiger partial charge in [0.25, 0.3) is 0 Å². The van der Waals surface area contributed by atoms with Crippen LogP contribution in [0, 0.1) is 11.3 Å². The molecule has 0 rings (SSSR count). The van der Waals surface area contributed by atoms with E-state index in [9.17, 15) is 0 Å². The Morgan fingerprint density at radius 2 is 2.06 bits per heavy atom. The lowest BCUT2D eigenvalue weighted by Crippen LogP contribution is -2.38. The zero-order valence-electron chi connectivity index (χ0n) is 11.8. The van der Waals surface area contributed by atoms with Crippen molar-refractivity contribution in [3.8, 4) is 6.07 Å². The fraction of sp³-hybridized carbons (Fsp3) is 0.923. The highest BCUT2D eigenvalue weighted by molar-refractivity contribution is 5.02. The van der Waals surface area contributed by atoms with Crippen LogP contribution in [0.1, 0.15) is 33.1 Å². The number of nitriles is 1. The first-order chi connectivity index (χ1) is 8.08. The van der Waals surface area contributed by atoms with Crippen molar-refractivity contribution >= 4 is 0 Å². The molecule has 4 nitrogen and oxygen atoms in total. The smallest absolute Gasteiger partial charge is 0.103 e. The van der Waals surface area contributed by atoms with E-state index in [-0.39, 0.29) is 5.54 Å². The summed E-state index contributed by atoms with van der Waals surface area (Å²) in [5, 5.41) is 12.1. The van der Waals surface area contributed by atoms with Crippen molar-refractivity contribution in [3.63, 3.8) is 0 Å². The van der Waals surface area contributed by atoms with Crippen LogP contribution >= 0.6 is 0 Å². The molecule has 0 spiro atoms. The molecule has 0 fully saturated rings. The monoisotopic (exact) mass is 241 g/mol. The topological polar surface area (TPSA) is 48.3 Å². The van der Waals surface area contributed by atoms with Gasteiger partial charge in [0.1, 0.15) is 5.54 Å². The van der Waals surface area contributed by atoms with E-state index in [1.807, 2.05) is 20.9 Å². The summed E-state index contributed by atoms with van der Waals surface area (Å²) >= 11 is 0. The highest BCUT2D eigenvalue weighted by Gasteiger charge is 2.19. The van der Waals surface area contributed by atoms with Gasteiger partial charge in [0, 0.05) is 13.2 Å². The fourth-order valence-corrected chi connectivity index (χ4v) is 1.57.